The number of aryl methyl sites for hydroxylation is 1. The molecule has 1 saturated heterocycles. The quantitative estimate of drug-likeness (QED) is 0.877. The standard InChI is InChI=1S/C14H18ClNO3/c1-9-4-5-11(15)7-12(9)13(17)10-3-2-6-16(8-10)14(18)19/h4-5,7,10,13,17H,2-3,6,8H2,1H3,(H,18,19)/t10?,13-/m1/s1. The van der Waals surface area contributed by atoms with E-state index in [4.69, 9.17) is 16.7 Å². The maximum Gasteiger partial charge on any atom is 0.407 e. The van der Waals surface area contributed by atoms with Crippen LogP contribution in [0.4, 0.5) is 4.79 Å². The van der Waals surface area contributed by atoms with E-state index in [0.717, 1.165) is 24.0 Å². The number of hydrogen-bond donors (Lipinski definition) is 2. The van der Waals surface area contributed by atoms with E-state index < -0.39 is 12.2 Å². The smallest absolute Gasteiger partial charge is 0.407 e. The van der Waals surface area contributed by atoms with Crippen molar-refractivity contribution in [3.05, 3.63) is 34.3 Å². The van der Waals surface area contributed by atoms with Gasteiger partial charge in [0.05, 0.1) is 6.10 Å². The van der Waals surface area contributed by atoms with Crippen molar-refractivity contribution in [1.29, 1.82) is 0 Å². The zero-order valence-electron chi connectivity index (χ0n) is 10.8. The van der Waals surface area contributed by atoms with Crippen LogP contribution in [0.25, 0.3) is 0 Å². The summed E-state index contributed by atoms with van der Waals surface area (Å²) in [6.45, 7) is 2.85. The third-order valence-corrected chi connectivity index (χ3v) is 3.97. The molecule has 0 aromatic heterocycles. The number of rotatable bonds is 2. The number of carboxylic acid groups (broad SMARTS) is 1. The molecule has 19 heavy (non-hydrogen) atoms. The summed E-state index contributed by atoms with van der Waals surface area (Å²) in [6, 6.07) is 5.43. The topological polar surface area (TPSA) is 60.8 Å². The molecular formula is C14H18ClNO3. The number of aliphatic hydroxyl groups is 1. The van der Waals surface area contributed by atoms with Crippen LogP contribution in [-0.4, -0.2) is 34.3 Å². The number of aliphatic hydroxyl groups excluding tert-OH is 1. The second-order valence-electron chi connectivity index (χ2n) is 5.08. The van der Waals surface area contributed by atoms with Gasteiger partial charge in [-0.15, -0.1) is 0 Å². The Bertz CT molecular complexity index is 478. The largest absolute Gasteiger partial charge is 0.465 e. The molecule has 2 atom stereocenters. The summed E-state index contributed by atoms with van der Waals surface area (Å²) in [6.07, 6.45) is 0.0328. The van der Waals surface area contributed by atoms with Crippen LogP contribution in [0.15, 0.2) is 18.2 Å². The predicted octanol–water partition coefficient (Wildman–Crippen LogP) is 3.07. The van der Waals surface area contributed by atoms with Crippen molar-refractivity contribution in [2.75, 3.05) is 13.1 Å². The van der Waals surface area contributed by atoms with Crippen molar-refractivity contribution in [3.8, 4) is 0 Å². The maximum atomic E-state index is 11.0. The lowest BCUT2D eigenvalue weighted by Gasteiger charge is -2.34. The zero-order chi connectivity index (χ0) is 14.0. The van der Waals surface area contributed by atoms with Crippen LogP contribution in [0.3, 0.4) is 0 Å². The monoisotopic (exact) mass is 283 g/mol. The van der Waals surface area contributed by atoms with E-state index in [0.29, 0.717) is 18.1 Å². The average Bonchev–Trinajstić information content (AvgIpc) is 2.41. The Morgan fingerprint density at radius 2 is 2.26 bits per heavy atom. The second kappa shape index (κ2) is 5.80. The van der Waals surface area contributed by atoms with Crippen LogP contribution < -0.4 is 0 Å². The van der Waals surface area contributed by atoms with Gasteiger partial charge in [0.15, 0.2) is 0 Å². The molecule has 104 valence electrons. The molecular weight excluding hydrogens is 266 g/mol. The minimum atomic E-state index is -0.917. The predicted molar refractivity (Wildman–Crippen MR) is 73.5 cm³/mol. The highest BCUT2D eigenvalue weighted by Gasteiger charge is 2.29. The molecule has 1 fully saturated rings. The van der Waals surface area contributed by atoms with Crippen molar-refractivity contribution >= 4 is 17.7 Å². The van der Waals surface area contributed by atoms with Crippen LogP contribution in [-0.2, 0) is 0 Å². The van der Waals surface area contributed by atoms with Gasteiger partial charge in [-0.05, 0) is 43.0 Å². The van der Waals surface area contributed by atoms with E-state index in [2.05, 4.69) is 0 Å². The van der Waals surface area contributed by atoms with Crippen molar-refractivity contribution in [1.82, 2.24) is 4.90 Å². The fourth-order valence-corrected chi connectivity index (χ4v) is 2.81. The van der Waals surface area contributed by atoms with Gasteiger partial charge in [0, 0.05) is 24.0 Å². The molecule has 0 radical (unpaired) electrons. The highest BCUT2D eigenvalue weighted by Crippen LogP contribution is 2.32. The third-order valence-electron chi connectivity index (χ3n) is 3.73. The van der Waals surface area contributed by atoms with Crippen LogP contribution in [0.2, 0.25) is 5.02 Å². The second-order valence-corrected chi connectivity index (χ2v) is 5.51. The van der Waals surface area contributed by atoms with Gasteiger partial charge in [-0.1, -0.05) is 17.7 Å². The van der Waals surface area contributed by atoms with Crippen LogP contribution in [0.1, 0.15) is 30.1 Å². The normalized spacial score (nSPS) is 21.2. The number of piperidine rings is 1. The Morgan fingerprint density at radius 1 is 1.53 bits per heavy atom. The van der Waals surface area contributed by atoms with E-state index in [1.807, 2.05) is 13.0 Å². The summed E-state index contributed by atoms with van der Waals surface area (Å²) in [4.78, 5) is 12.4. The molecule has 0 bridgehead atoms. The molecule has 1 aliphatic heterocycles. The van der Waals surface area contributed by atoms with Crippen LogP contribution in [0.5, 0.6) is 0 Å². The maximum absolute atomic E-state index is 11.0. The molecule has 2 rings (SSSR count). The molecule has 0 spiro atoms. The fourth-order valence-electron chi connectivity index (χ4n) is 2.63. The lowest BCUT2D eigenvalue weighted by molar-refractivity contribution is 0.0500. The number of carbonyl (C=O) groups is 1. The van der Waals surface area contributed by atoms with E-state index in [9.17, 15) is 9.90 Å². The summed E-state index contributed by atoms with van der Waals surface area (Å²) in [5, 5.41) is 20.1. The van der Waals surface area contributed by atoms with Crippen molar-refractivity contribution in [2.45, 2.75) is 25.9 Å². The van der Waals surface area contributed by atoms with Gasteiger partial charge in [-0.2, -0.15) is 0 Å². The Hall–Kier alpha value is -1.26. The molecule has 4 nitrogen and oxygen atoms in total. The van der Waals surface area contributed by atoms with Crippen molar-refractivity contribution in [2.24, 2.45) is 5.92 Å². The minimum Gasteiger partial charge on any atom is -0.465 e. The summed E-state index contributed by atoms with van der Waals surface area (Å²) in [5.41, 5.74) is 1.77. The van der Waals surface area contributed by atoms with Gasteiger partial charge < -0.3 is 15.1 Å². The third kappa shape index (κ3) is 3.19. The number of amides is 1. The molecule has 0 aliphatic carbocycles. The highest BCUT2D eigenvalue weighted by atomic mass is 35.5. The Labute approximate surface area is 117 Å². The van der Waals surface area contributed by atoms with Gasteiger partial charge in [-0.3, -0.25) is 0 Å². The summed E-state index contributed by atoms with van der Waals surface area (Å²) in [7, 11) is 0. The molecule has 1 heterocycles. The summed E-state index contributed by atoms with van der Waals surface area (Å²) >= 11 is 5.96. The lowest BCUT2D eigenvalue weighted by atomic mass is 9.87. The Balaban J connectivity index is 2.16. The molecule has 1 unspecified atom stereocenters. The number of halogens is 1. The van der Waals surface area contributed by atoms with Crippen LogP contribution >= 0.6 is 11.6 Å². The first-order valence-electron chi connectivity index (χ1n) is 6.41. The van der Waals surface area contributed by atoms with Gasteiger partial charge in [-0.25, -0.2) is 4.79 Å². The van der Waals surface area contributed by atoms with Crippen molar-refractivity contribution < 1.29 is 15.0 Å². The van der Waals surface area contributed by atoms with E-state index in [1.165, 1.54) is 4.90 Å². The van der Waals surface area contributed by atoms with Gasteiger partial charge >= 0.3 is 6.09 Å². The first-order chi connectivity index (χ1) is 8.99. The zero-order valence-corrected chi connectivity index (χ0v) is 11.6. The Kier molecular flexibility index (Phi) is 4.32. The number of benzene rings is 1. The summed E-state index contributed by atoms with van der Waals surface area (Å²) in [5.74, 6) is -0.0676. The molecule has 5 heteroatoms. The van der Waals surface area contributed by atoms with E-state index in [-0.39, 0.29) is 5.92 Å². The number of hydrogen-bond acceptors (Lipinski definition) is 2. The van der Waals surface area contributed by atoms with Gasteiger partial charge in [0.1, 0.15) is 0 Å². The van der Waals surface area contributed by atoms with Crippen molar-refractivity contribution in [3.63, 3.8) is 0 Å². The highest BCUT2D eigenvalue weighted by molar-refractivity contribution is 6.30. The van der Waals surface area contributed by atoms with E-state index in [1.54, 1.807) is 12.1 Å². The molecule has 2 N–H and O–H groups in total. The molecule has 1 aromatic rings. The lowest BCUT2D eigenvalue weighted by Crippen LogP contribution is -2.41. The molecule has 1 aromatic carbocycles. The van der Waals surface area contributed by atoms with Gasteiger partial charge in [0.25, 0.3) is 0 Å². The number of likely N-dealkylation sites (tertiary alicyclic amines) is 1. The van der Waals surface area contributed by atoms with E-state index >= 15 is 0 Å². The first kappa shape index (κ1) is 14.2. The molecule has 1 amide bonds. The fraction of sp³-hybridized carbons (Fsp3) is 0.500. The van der Waals surface area contributed by atoms with Crippen LogP contribution in [0, 0.1) is 12.8 Å². The summed E-state index contributed by atoms with van der Waals surface area (Å²) < 4.78 is 0. The first-order valence-corrected chi connectivity index (χ1v) is 6.79. The average molecular weight is 284 g/mol. The minimum absolute atomic E-state index is 0.0676. The van der Waals surface area contributed by atoms with Gasteiger partial charge in [0.2, 0.25) is 0 Å². The number of nitrogens with zero attached hydrogens (tertiary/aromatic N) is 1. The SMILES string of the molecule is Cc1ccc(Cl)cc1[C@H](O)C1CCCN(C(=O)O)C1. The molecule has 1 aliphatic rings. The Morgan fingerprint density at radius 3 is 2.95 bits per heavy atom. The molecule has 0 saturated carbocycles.